The van der Waals surface area contributed by atoms with Gasteiger partial charge in [0.15, 0.2) is 11.6 Å². The van der Waals surface area contributed by atoms with Gasteiger partial charge in [0, 0.05) is 0 Å². The Morgan fingerprint density at radius 2 is 1.78 bits per heavy atom. The Hall–Kier alpha value is -3.09. The molecule has 0 spiro atoms. The molecule has 0 fully saturated rings. The largest absolute Gasteiger partial charge is 0.453 e. The van der Waals surface area contributed by atoms with Crippen LogP contribution in [0.3, 0.4) is 0 Å². The number of hydrogen-bond donors (Lipinski definition) is 1. The molecule has 0 aliphatic heterocycles. The lowest BCUT2D eigenvalue weighted by molar-refractivity contribution is -0.136. The monoisotopic (exact) mass is 366 g/mol. The van der Waals surface area contributed by atoms with Gasteiger partial charge < -0.3 is 14.1 Å². The van der Waals surface area contributed by atoms with E-state index in [1.165, 1.54) is 0 Å². The average Bonchev–Trinajstić information content (AvgIpc) is 3.31. The van der Waals surface area contributed by atoms with Gasteiger partial charge in [-0.15, -0.1) is 0 Å². The fourth-order valence-corrected chi connectivity index (χ4v) is 2.99. The van der Waals surface area contributed by atoms with Crippen molar-refractivity contribution in [2.45, 2.75) is 18.8 Å². The van der Waals surface area contributed by atoms with Gasteiger partial charge in [0.05, 0.1) is 17.5 Å². The Balaban J connectivity index is 1.60. The lowest BCUT2D eigenvalue weighted by Crippen LogP contribution is -2.21. The summed E-state index contributed by atoms with van der Waals surface area (Å²) in [5, 5.41) is 0. The zero-order valence-electron chi connectivity index (χ0n) is 14.7. The number of hydrogen-bond acceptors (Lipinski definition) is 3. The van der Waals surface area contributed by atoms with E-state index in [1.807, 2.05) is 36.4 Å². The molecule has 3 aromatic rings. The highest BCUT2D eigenvalue weighted by atomic mass is 19.3. The van der Waals surface area contributed by atoms with E-state index < -0.39 is 6.01 Å². The van der Waals surface area contributed by atoms with E-state index in [1.54, 1.807) is 24.4 Å². The highest BCUT2D eigenvalue weighted by Crippen LogP contribution is 2.35. The van der Waals surface area contributed by atoms with E-state index in [4.69, 9.17) is 9.15 Å². The summed E-state index contributed by atoms with van der Waals surface area (Å²) in [6, 6.07) is 10.1. The van der Waals surface area contributed by atoms with Crippen LogP contribution in [0, 0.1) is 0 Å². The van der Waals surface area contributed by atoms with Crippen LogP contribution in [-0.4, -0.2) is 23.8 Å². The van der Waals surface area contributed by atoms with E-state index in [9.17, 15) is 8.78 Å². The van der Waals surface area contributed by atoms with Gasteiger partial charge in [0.2, 0.25) is 7.85 Å². The molecule has 27 heavy (non-hydrogen) atoms. The quantitative estimate of drug-likeness (QED) is 0.672. The molecule has 0 radical (unpaired) electrons. The first-order valence-corrected chi connectivity index (χ1v) is 8.68. The third kappa shape index (κ3) is 3.87. The van der Waals surface area contributed by atoms with Crippen LogP contribution >= 0.6 is 0 Å². The predicted octanol–water partition coefficient (Wildman–Crippen LogP) is 4.60. The van der Waals surface area contributed by atoms with Crippen LogP contribution in [-0.2, 0) is 4.74 Å². The van der Waals surface area contributed by atoms with Gasteiger partial charge in [-0.3, -0.25) is 0 Å². The van der Waals surface area contributed by atoms with Gasteiger partial charge in [0.25, 0.3) is 0 Å². The molecule has 4 nitrogen and oxygen atoms in total. The second-order valence-electron chi connectivity index (χ2n) is 6.35. The van der Waals surface area contributed by atoms with Crippen LogP contribution in [0.2, 0.25) is 0 Å². The summed E-state index contributed by atoms with van der Waals surface area (Å²) < 4.78 is 37.3. The topological polar surface area (TPSA) is 51.0 Å². The first kappa shape index (κ1) is 17.3. The Kier molecular flexibility index (Phi) is 4.43. The fraction of sp³-hybridized carbons (Fsp3) is 0.150. The van der Waals surface area contributed by atoms with Crippen molar-refractivity contribution in [3.8, 4) is 22.8 Å². The number of allylic oxidation sites excluding steroid dienone is 3. The first-order valence-electron chi connectivity index (χ1n) is 8.68. The SMILES string of the molecule is BC(F)(F)OC1=CCCC=C1c1ccc(-c2ncc(-c3ccccc3)[nH]2)o1. The summed E-state index contributed by atoms with van der Waals surface area (Å²) in [5.41, 5.74) is 2.42. The van der Waals surface area contributed by atoms with Crippen molar-refractivity contribution >= 4 is 13.4 Å². The minimum Gasteiger partial charge on any atom is -0.453 e. The molecule has 1 N–H and O–H groups in total. The van der Waals surface area contributed by atoms with E-state index >= 15 is 0 Å². The third-order valence-electron chi connectivity index (χ3n) is 4.16. The Labute approximate surface area is 156 Å². The summed E-state index contributed by atoms with van der Waals surface area (Å²) in [7, 11) is 0.724. The summed E-state index contributed by atoms with van der Waals surface area (Å²) >= 11 is 0. The second-order valence-corrected chi connectivity index (χ2v) is 6.35. The molecule has 4 rings (SSSR count). The van der Waals surface area contributed by atoms with Gasteiger partial charge in [-0.25, -0.2) is 4.98 Å². The normalized spacial score (nSPS) is 14.6. The number of aromatic amines is 1. The number of ether oxygens (including phenoxy) is 1. The van der Waals surface area contributed by atoms with Gasteiger partial charge in [0.1, 0.15) is 11.5 Å². The molecule has 2 aromatic heterocycles. The molecule has 0 unspecified atom stereocenters. The summed E-state index contributed by atoms with van der Waals surface area (Å²) in [6.45, 7) is 0. The molecule has 0 saturated carbocycles. The fourth-order valence-electron chi connectivity index (χ4n) is 2.99. The first-order chi connectivity index (χ1) is 13.0. The number of benzene rings is 1. The molecule has 7 heteroatoms. The van der Waals surface area contributed by atoms with Gasteiger partial charge in [-0.2, -0.15) is 8.78 Å². The van der Waals surface area contributed by atoms with Crippen molar-refractivity contribution in [3.63, 3.8) is 0 Å². The van der Waals surface area contributed by atoms with E-state index in [2.05, 4.69) is 9.97 Å². The summed E-state index contributed by atoms with van der Waals surface area (Å²) in [5.74, 6) is 1.71. The van der Waals surface area contributed by atoms with E-state index in [0.717, 1.165) is 25.5 Å². The number of H-pyrrole nitrogens is 1. The number of nitrogens with zero attached hydrogens (tertiary/aromatic N) is 1. The molecule has 0 bridgehead atoms. The maximum atomic E-state index is 13.3. The van der Waals surface area contributed by atoms with Crippen molar-refractivity contribution in [1.29, 1.82) is 0 Å². The number of aromatic nitrogens is 2. The second kappa shape index (κ2) is 6.91. The smallest absolute Gasteiger partial charge is 0.342 e. The van der Waals surface area contributed by atoms with Crippen LogP contribution in [0.15, 0.2) is 71.0 Å². The molecule has 0 amide bonds. The van der Waals surface area contributed by atoms with Gasteiger partial charge in [-0.1, -0.05) is 36.4 Å². The molecule has 0 atom stereocenters. The van der Waals surface area contributed by atoms with Crippen LogP contribution < -0.4 is 0 Å². The number of imidazole rings is 1. The Morgan fingerprint density at radius 1 is 1.04 bits per heavy atom. The third-order valence-corrected chi connectivity index (χ3v) is 4.16. The number of furan rings is 1. The Morgan fingerprint density at radius 3 is 2.56 bits per heavy atom. The van der Waals surface area contributed by atoms with Crippen molar-refractivity contribution in [1.82, 2.24) is 9.97 Å². The highest BCUT2D eigenvalue weighted by Gasteiger charge is 2.28. The number of alkyl halides is 2. The molecule has 2 heterocycles. The maximum absolute atomic E-state index is 13.3. The molecule has 136 valence electrons. The number of nitrogens with one attached hydrogen (secondary N) is 1. The molecule has 1 aliphatic rings. The van der Waals surface area contributed by atoms with Crippen LogP contribution in [0.1, 0.15) is 18.6 Å². The lowest BCUT2D eigenvalue weighted by Gasteiger charge is -2.20. The maximum Gasteiger partial charge on any atom is 0.342 e. The highest BCUT2D eigenvalue weighted by molar-refractivity contribution is 6.12. The molecular weight excluding hydrogens is 349 g/mol. The minimum absolute atomic E-state index is 0.138. The van der Waals surface area contributed by atoms with Crippen molar-refractivity contribution in [2.24, 2.45) is 0 Å². The van der Waals surface area contributed by atoms with Crippen molar-refractivity contribution in [2.75, 3.05) is 0 Å². The van der Waals surface area contributed by atoms with Crippen LogP contribution in [0.5, 0.6) is 0 Å². The molecule has 0 saturated heterocycles. The van der Waals surface area contributed by atoms with Crippen LogP contribution in [0.4, 0.5) is 8.78 Å². The van der Waals surface area contributed by atoms with Crippen LogP contribution in [0.25, 0.3) is 28.4 Å². The van der Waals surface area contributed by atoms with Crippen molar-refractivity contribution < 1.29 is 17.9 Å². The predicted molar refractivity (Wildman–Crippen MR) is 102 cm³/mol. The average molecular weight is 366 g/mol. The Bertz CT molecular complexity index is 1000. The number of rotatable bonds is 5. The minimum atomic E-state index is -3.25. The molecular formula is C20H17BF2N2O2. The van der Waals surface area contributed by atoms with Crippen molar-refractivity contribution in [3.05, 3.63) is 72.3 Å². The van der Waals surface area contributed by atoms with E-state index in [0.29, 0.717) is 29.3 Å². The van der Waals surface area contributed by atoms with Gasteiger partial charge in [-0.05, 0) is 36.6 Å². The molecule has 1 aliphatic carbocycles. The summed E-state index contributed by atoms with van der Waals surface area (Å²) in [6.07, 6.45) is 6.64. The summed E-state index contributed by atoms with van der Waals surface area (Å²) in [4.78, 5) is 7.59. The lowest BCUT2D eigenvalue weighted by atomic mass is 10.0. The van der Waals surface area contributed by atoms with Gasteiger partial charge >= 0.3 is 6.01 Å². The zero-order valence-corrected chi connectivity index (χ0v) is 14.7. The molecule has 1 aromatic carbocycles. The van der Waals surface area contributed by atoms with E-state index in [-0.39, 0.29) is 5.76 Å². The standard InChI is InChI=1S/C20H17BF2N2O2/c21-20(22,23)27-17-9-5-4-8-14(17)16-10-11-18(26-16)19-24-12-15(25-19)13-6-2-1-3-7-13/h1-3,6-12H,4-5,21H2,(H,24,25). The number of halogens is 2. The zero-order chi connectivity index (χ0) is 18.9.